The molecule has 2 unspecified atom stereocenters. The molecule has 9 nitrogen and oxygen atoms in total. The highest BCUT2D eigenvalue weighted by molar-refractivity contribution is 6.10. The summed E-state index contributed by atoms with van der Waals surface area (Å²) in [5.41, 5.74) is -0.00197. The van der Waals surface area contributed by atoms with E-state index >= 15 is 0 Å². The van der Waals surface area contributed by atoms with Gasteiger partial charge in [-0.2, -0.15) is 0 Å². The first kappa shape index (κ1) is 29.0. The van der Waals surface area contributed by atoms with Crippen LogP contribution in [-0.4, -0.2) is 61.0 Å². The van der Waals surface area contributed by atoms with Crippen LogP contribution in [0.5, 0.6) is 0 Å². The Labute approximate surface area is 200 Å². The predicted octanol–water partition coefficient (Wildman–Crippen LogP) is 2.59. The third-order valence-electron chi connectivity index (χ3n) is 4.93. The van der Waals surface area contributed by atoms with E-state index in [9.17, 15) is 19.2 Å². The summed E-state index contributed by atoms with van der Waals surface area (Å²) in [7, 11) is 0. The zero-order valence-corrected chi connectivity index (χ0v) is 20.0. The smallest absolute Gasteiger partial charge is 0.343 e. The number of allylic oxidation sites excluding steroid dienone is 2. The van der Waals surface area contributed by atoms with Crippen molar-refractivity contribution in [1.29, 1.82) is 0 Å². The minimum atomic E-state index is -0.511. The number of fused-ring (bicyclic) bond motifs is 2. The Morgan fingerprint density at radius 2 is 1.85 bits per heavy atom. The van der Waals surface area contributed by atoms with Crippen molar-refractivity contribution in [2.24, 2.45) is 11.3 Å². The molecule has 1 aliphatic heterocycles. The maximum Gasteiger partial charge on any atom is 0.343 e. The molecule has 1 heterocycles. The fourth-order valence-electron chi connectivity index (χ4n) is 3.56. The van der Waals surface area contributed by atoms with Gasteiger partial charge in [0, 0.05) is 23.6 Å². The molecule has 0 aromatic carbocycles. The van der Waals surface area contributed by atoms with E-state index < -0.39 is 23.5 Å². The van der Waals surface area contributed by atoms with Gasteiger partial charge in [0.1, 0.15) is 12.2 Å². The maximum absolute atomic E-state index is 11.4. The lowest BCUT2D eigenvalue weighted by Crippen LogP contribution is -2.22. The van der Waals surface area contributed by atoms with Crippen LogP contribution in [0.25, 0.3) is 0 Å². The summed E-state index contributed by atoms with van der Waals surface area (Å²) < 4.78 is 18.7. The summed E-state index contributed by atoms with van der Waals surface area (Å²) in [5.74, 6) is -1.19. The Morgan fingerprint density at radius 3 is 2.24 bits per heavy atom. The number of aliphatic hydroxyl groups excluding tert-OH is 1. The van der Waals surface area contributed by atoms with Crippen LogP contribution in [-0.2, 0) is 38.1 Å². The van der Waals surface area contributed by atoms with Gasteiger partial charge in [0.2, 0.25) is 0 Å². The SMILES string of the molecule is C=CC(=O)OC(C)(C)C.C=CC(=O)OCCOCCO.O=C1C=C(C23C=CC(CC2)C3)C(=O)O1. The molecule has 9 heteroatoms. The third kappa shape index (κ3) is 9.84. The van der Waals surface area contributed by atoms with Crippen molar-refractivity contribution in [3.63, 3.8) is 0 Å². The normalized spacial score (nSPS) is 21.9. The number of aliphatic hydroxyl groups is 1. The lowest BCUT2D eigenvalue weighted by molar-refractivity contribution is -0.151. The molecule has 0 saturated heterocycles. The second-order valence-electron chi connectivity index (χ2n) is 8.73. The van der Waals surface area contributed by atoms with Gasteiger partial charge in [-0.25, -0.2) is 19.2 Å². The van der Waals surface area contributed by atoms with Crippen LogP contribution in [0.15, 0.2) is 49.1 Å². The van der Waals surface area contributed by atoms with Crippen LogP contribution in [0.2, 0.25) is 0 Å². The van der Waals surface area contributed by atoms with E-state index in [2.05, 4.69) is 34.8 Å². The number of ether oxygens (including phenoxy) is 4. The van der Waals surface area contributed by atoms with E-state index in [1.165, 1.54) is 6.08 Å². The minimum absolute atomic E-state index is 0.0184. The van der Waals surface area contributed by atoms with E-state index in [0.29, 0.717) is 18.1 Å². The predicted molar refractivity (Wildman–Crippen MR) is 123 cm³/mol. The average Bonchev–Trinajstić information content (AvgIpc) is 3.48. The molecule has 0 amide bonds. The molecule has 1 N–H and O–H groups in total. The Morgan fingerprint density at radius 1 is 1.18 bits per heavy atom. The quantitative estimate of drug-likeness (QED) is 0.140. The molecule has 3 rings (SSSR count). The average molecular weight is 479 g/mol. The van der Waals surface area contributed by atoms with Gasteiger partial charge in [0.25, 0.3) is 0 Å². The number of hydrogen-bond acceptors (Lipinski definition) is 9. The fraction of sp³-hybridized carbons (Fsp3) is 0.520. The highest BCUT2D eigenvalue weighted by Gasteiger charge is 2.48. The van der Waals surface area contributed by atoms with Crippen LogP contribution < -0.4 is 0 Å². The standard InChI is InChI=1S/C11H10O3.C7H12O4.C7H12O2/c12-9-5-8(10(13)14-9)11-3-1-7(6-11)2-4-11;1-2-7(9)11-6-5-10-4-3-8;1-5-6(8)9-7(2,3)4/h1,3,5,7H,2,4,6H2;2,8H,1,3-6H2;5H,1H2,2-4H3. The zero-order chi connectivity index (χ0) is 25.8. The number of hydrogen-bond donors (Lipinski definition) is 1. The molecule has 0 radical (unpaired) electrons. The van der Waals surface area contributed by atoms with Crippen molar-refractivity contribution in [3.8, 4) is 0 Å². The molecule has 2 bridgehead atoms. The van der Waals surface area contributed by atoms with Gasteiger partial charge in [-0.1, -0.05) is 25.3 Å². The summed E-state index contributed by atoms with van der Waals surface area (Å²) in [6.07, 6.45) is 10.9. The van der Waals surface area contributed by atoms with Gasteiger partial charge in [-0.05, 0) is 46.0 Å². The Bertz CT molecular complexity index is 832. The van der Waals surface area contributed by atoms with Crippen molar-refractivity contribution in [2.75, 3.05) is 26.4 Å². The van der Waals surface area contributed by atoms with Crippen LogP contribution >= 0.6 is 0 Å². The molecule has 2 atom stereocenters. The second kappa shape index (κ2) is 13.6. The Balaban J connectivity index is 0.000000264. The van der Waals surface area contributed by atoms with Gasteiger partial charge in [-0.15, -0.1) is 0 Å². The van der Waals surface area contributed by atoms with Crippen LogP contribution in [0.3, 0.4) is 0 Å². The van der Waals surface area contributed by atoms with E-state index in [1.54, 1.807) is 0 Å². The van der Waals surface area contributed by atoms with Crippen LogP contribution in [0, 0.1) is 11.3 Å². The summed E-state index contributed by atoms with van der Waals surface area (Å²) >= 11 is 0. The summed E-state index contributed by atoms with van der Waals surface area (Å²) in [6.45, 7) is 12.7. The lowest BCUT2D eigenvalue weighted by atomic mass is 9.80. The molecule has 188 valence electrons. The molecular weight excluding hydrogens is 444 g/mol. The van der Waals surface area contributed by atoms with Crippen molar-refractivity contribution in [3.05, 3.63) is 49.1 Å². The van der Waals surface area contributed by atoms with Gasteiger partial charge >= 0.3 is 23.9 Å². The highest BCUT2D eigenvalue weighted by Crippen LogP contribution is 2.54. The van der Waals surface area contributed by atoms with Crippen molar-refractivity contribution in [2.45, 2.75) is 45.6 Å². The summed E-state index contributed by atoms with van der Waals surface area (Å²) in [5, 5.41) is 8.27. The molecule has 3 aliphatic rings. The van der Waals surface area contributed by atoms with Crippen molar-refractivity contribution < 1.29 is 43.2 Å². The summed E-state index contributed by atoms with van der Waals surface area (Å²) in [4.78, 5) is 43.2. The molecule has 34 heavy (non-hydrogen) atoms. The first-order valence-corrected chi connectivity index (χ1v) is 11.0. The monoisotopic (exact) mass is 478 g/mol. The number of cyclic esters (lactones) is 2. The molecule has 1 fully saturated rings. The molecule has 2 aliphatic carbocycles. The molecule has 0 aromatic rings. The minimum Gasteiger partial charge on any atom is -0.460 e. The van der Waals surface area contributed by atoms with Gasteiger partial charge < -0.3 is 24.1 Å². The second-order valence-corrected chi connectivity index (χ2v) is 8.73. The number of esters is 4. The molecular formula is C25H34O9. The topological polar surface area (TPSA) is 125 Å². The van der Waals surface area contributed by atoms with Crippen LogP contribution in [0.4, 0.5) is 0 Å². The fourth-order valence-corrected chi connectivity index (χ4v) is 3.56. The Kier molecular flexibility index (Phi) is 11.6. The van der Waals surface area contributed by atoms with Gasteiger partial charge in [-0.3, -0.25) is 0 Å². The molecule has 0 spiro atoms. The summed E-state index contributed by atoms with van der Waals surface area (Å²) in [6, 6.07) is 0. The van der Waals surface area contributed by atoms with Crippen LogP contribution in [0.1, 0.15) is 40.0 Å². The lowest BCUT2D eigenvalue weighted by Gasteiger charge is -2.22. The number of rotatable bonds is 8. The van der Waals surface area contributed by atoms with E-state index in [1.807, 2.05) is 20.8 Å². The Hall–Kier alpha value is -3.04. The third-order valence-corrected chi connectivity index (χ3v) is 4.93. The van der Waals surface area contributed by atoms with Crippen molar-refractivity contribution in [1.82, 2.24) is 0 Å². The van der Waals surface area contributed by atoms with E-state index in [0.717, 1.165) is 31.4 Å². The van der Waals surface area contributed by atoms with Gasteiger partial charge in [0.15, 0.2) is 0 Å². The van der Waals surface area contributed by atoms with Crippen molar-refractivity contribution >= 4 is 23.9 Å². The van der Waals surface area contributed by atoms with E-state index in [-0.39, 0.29) is 31.2 Å². The first-order chi connectivity index (χ1) is 16.0. The van der Waals surface area contributed by atoms with Gasteiger partial charge in [0.05, 0.1) is 25.4 Å². The largest absolute Gasteiger partial charge is 0.460 e. The first-order valence-electron chi connectivity index (χ1n) is 11.0. The zero-order valence-electron chi connectivity index (χ0n) is 20.0. The number of carbonyl (C=O) groups is 4. The molecule has 0 aromatic heterocycles. The van der Waals surface area contributed by atoms with E-state index in [4.69, 9.17) is 14.6 Å². The highest BCUT2D eigenvalue weighted by atomic mass is 16.6. The molecule has 1 saturated carbocycles. The number of carbonyl (C=O) groups excluding carboxylic acids is 4. The maximum atomic E-state index is 11.4.